The zero-order valence-corrected chi connectivity index (χ0v) is 10.1. The number of rotatable bonds is 6. The fourth-order valence-corrected chi connectivity index (χ4v) is 2.17. The van der Waals surface area contributed by atoms with Gasteiger partial charge in [0.1, 0.15) is 0 Å². The monoisotopic (exact) mass is 229 g/mol. The van der Waals surface area contributed by atoms with Crippen molar-refractivity contribution in [3.05, 3.63) is 0 Å². The van der Waals surface area contributed by atoms with Crippen molar-refractivity contribution in [1.29, 1.82) is 0 Å². The minimum atomic E-state index is -0.510. The van der Waals surface area contributed by atoms with Gasteiger partial charge in [-0.15, -0.1) is 0 Å². The van der Waals surface area contributed by atoms with Crippen LogP contribution in [0.3, 0.4) is 0 Å². The molecule has 0 aromatic carbocycles. The summed E-state index contributed by atoms with van der Waals surface area (Å²) < 4.78 is 4.55. The highest BCUT2D eigenvalue weighted by Crippen LogP contribution is 2.27. The van der Waals surface area contributed by atoms with Gasteiger partial charge in [0.2, 0.25) is 0 Å². The maximum atomic E-state index is 10.8. The molecule has 0 radical (unpaired) electrons. The van der Waals surface area contributed by atoms with Gasteiger partial charge in [0.15, 0.2) is 0 Å². The summed E-state index contributed by atoms with van der Waals surface area (Å²) in [5.74, 6) is -0.168. The molecule has 1 aliphatic rings. The molecule has 4 nitrogen and oxygen atoms in total. The Kier molecular flexibility index (Phi) is 5.77. The van der Waals surface area contributed by atoms with Gasteiger partial charge in [0.05, 0.1) is 12.7 Å². The van der Waals surface area contributed by atoms with E-state index >= 15 is 0 Å². The van der Waals surface area contributed by atoms with E-state index < -0.39 is 5.60 Å². The van der Waals surface area contributed by atoms with E-state index in [4.69, 9.17) is 0 Å². The molecule has 0 atom stereocenters. The number of hydrogen-bond acceptors (Lipinski definition) is 4. The Labute approximate surface area is 97.4 Å². The molecule has 1 aliphatic carbocycles. The average molecular weight is 229 g/mol. The van der Waals surface area contributed by atoms with Gasteiger partial charge in [-0.3, -0.25) is 4.79 Å². The number of esters is 1. The number of carbonyl (C=O) groups is 1. The third-order valence-electron chi connectivity index (χ3n) is 3.20. The van der Waals surface area contributed by atoms with Crippen molar-refractivity contribution >= 4 is 5.97 Å². The van der Waals surface area contributed by atoms with Crippen LogP contribution in [-0.4, -0.2) is 36.9 Å². The van der Waals surface area contributed by atoms with Gasteiger partial charge >= 0.3 is 5.97 Å². The zero-order chi connectivity index (χ0) is 11.9. The Balaban J connectivity index is 2.03. The smallest absolute Gasteiger partial charge is 0.305 e. The lowest BCUT2D eigenvalue weighted by Gasteiger charge is -2.32. The predicted octanol–water partition coefficient (Wildman–Crippen LogP) is 1.22. The highest BCUT2D eigenvalue weighted by atomic mass is 16.5. The third kappa shape index (κ3) is 4.94. The van der Waals surface area contributed by atoms with Crippen LogP contribution in [0.1, 0.15) is 44.9 Å². The van der Waals surface area contributed by atoms with E-state index in [1.807, 2.05) is 0 Å². The quantitative estimate of drug-likeness (QED) is 0.531. The van der Waals surface area contributed by atoms with E-state index in [1.54, 1.807) is 0 Å². The summed E-state index contributed by atoms with van der Waals surface area (Å²) in [6.07, 6.45) is 6.50. The van der Waals surface area contributed by atoms with Crippen LogP contribution in [0.5, 0.6) is 0 Å². The molecule has 1 rings (SSSR count). The van der Waals surface area contributed by atoms with Gasteiger partial charge in [-0.1, -0.05) is 19.3 Å². The molecule has 16 heavy (non-hydrogen) atoms. The fourth-order valence-electron chi connectivity index (χ4n) is 2.17. The summed E-state index contributed by atoms with van der Waals surface area (Å²) in [4.78, 5) is 10.8. The molecule has 0 bridgehead atoms. The topological polar surface area (TPSA) is 58.6 Å². The Hall–Kier alpha value is -0.610. The standard InChI is InChI=1S/C12H23NO3/c1-16-11(14)6-5-9-13-10-12(15)7-3-2-4-8-12/h13,15H,2-10H2,1H3. The first-order valence-electron chi connectivity index (χ1n) is 6.16. The normalized spacial score (nSPS) is 19.4. The van der Waals surface area contributed by atoms with Gasteiger partial charge in [0, 0.05) is 13.0 Å². The molecule has 0 saturated heterocycles. The van der Waals surface area contributed by atoms with Crippen LogP contribution < -0.4 is 5.32 Å². The maximum absolute atomic E-state index is 10.8. The molecule has 0 aromatic rings. The number of aliphatic hydroxyl groups is 1. The van der Waals surface area contributed by atoms with E-state index in [2.05, 4.69) is 10.1 Å². The number of nitrogens with one attached hydrogen (secondary N) is 1. The van der Waals surface area contributed by atoms with Gasteiger partial charge in [-0.05, 0) is 25.8 Å². The molecule has 1 saturated carbocycles. The fraction of sp³-hybridized carbons (Fsp3) is 0.917. The van der Waals surface area contributed by atoms with Gasteiger partial charge in [-0.2, -0.15) is 0 Å². The summed E-state index contributed by atoms with van der Waals surface area (Å²) in [6.45, 7) is 1.41. The summed E-state index contributed by atoms with van der Waals surface area (Å²) in [7, 11) is 1.40. The highest BCUT2D eigenvalue weighted by molar-refractivity contribution is 5.69. The first kappa shape index (κ1) is 13.5. The van der Waals surface area contributed by atoms with Crippen molar-refractivity contribution < 1.29 is 14.6 Å². The molecule has 0 aromatic heterocycles. The number of methoxy groups -OCH3 is 1. The van der Waals surface area contributed by atoms with Gasteiger partial charge in [0.25, 0.3) is 0 Å². The Bertz CT molecular complexity index is 212. The lowest BCUT2D eigenvalue weighted by molar-refractivity contribution is -0.140. The Morgan fingerprint density at radius 3 is 2.69 bits per heavy atom. The average Bonchev–Trinajstić information content (AvgIpc) is 2.29. The van der Waals surface area contributed by atoms with Crippen LogP contribution in [0, 0.1) is 0 Å². The molecule has 4 heteroatoms. The first-order valence-corrected chi connectivity index (χ1v) is 6.16. The molecule has 0 aliphatic heterocycles. The molecule has 1 fully saturated rings. The first-order chi connectivity index (χ1) is 7.66. The van der Waals surface area contributed by atoms with Crippen molar-refractivity contribution in [1.82, 2.24) is 5.32 Å². The maximum Gasteiger partial charge on any atom is 0.305 e. The number of hydrogen-bond donors (Lipinski definition) is 2. The van der Waals surface area contributed by atoms with E-state index in [-0.39, 0.29) is 5.97 Å². The summed E-state index contributed by atoms with van der Waals surface area (Å²) in [6, 6.07) is 0. The second-order valence-electron chi connectivity index (χ2n) is 4.64. The predicted molar refractivity (Wildman–Crippen MR) is 62.2 cm³/mol. The lowest BCUT2D eigenvalue weighted by Crippen LogP contribution is -2.42. The SMILES string of the molecule is COC(=O)CCCNCC1(O)CCCCC1. The van der Waals surface area contributed by atoms with Crippen LogP contribution in [0.15, 0.2) is 0 Å². The second kappa shape index (κ2) is 6.86. The van der Waals surface area contributed by atoms with Crippen molar-refractivity contribution in [2.75, 3.05) is 20.2 Å². The summed E-state index contributed by atoms with van der Waals surface area (Å²) in [5, 5.41) is 13.4. The number of ether oxygens (including phenoxy) is 1. The summed E-state index contributed by atoms with van der Waals surface area (Å²) in [5.41, 5.74) is -0.510. The van der Waals surface area contributed by atoms with E-state index in [0.717, 1.165) is 38.6 Å². The van der Waals surface area contributed by atoms with E-state index in [0.29, 0.717) is 13.0 Å². The van der Waals surface area contributed by atoms with Gasteiger partial charge in [-0.25, -0.2) is 0 Å². The molecule has 0 unspecified atom stereocenters. The molecule has 0 heterocycles. The van der Waals surface area contributed by atoms with Crippen LogP contribution in [0.25, 0.3) is 0 Å². The van der Waals surface area contributed by atoms with Crippen molar-refractivity contribution in [2.45, 2.75) is 50.5 Å². The zero-order valence-electron chi connectivity index (χ0n) is 10.1. The molecular weight excluding hydrogens is 206 g/mol. The minimum Gasteiger partial charge on any atom is -0.469 e. The van der Waals surface area contributed by atoms with E-state index in [1.165, 1.54) is 13.5 Å². The summed E-state index contributed by atoms with van der Waals surface area (Å²) >= 11 is 0. The van der Waals surface area contributed by atoms with Crippen LogP contribution in [-0.2, 0) is 9.53 Å². The second-order valence-corrected chi connectivity index (χ2v) is 4.64. The van der Waals surface area contributed by atoms with Crippen molar-refractivity contribution in [3.8, 4) is 0 Å². The largest absolute Gasteiger partial charge is 0.469 e. The number of carbonyl (C=O) groups excluding carboxylic acids is 1. The van der Waals surface area contributed by atoms with Crippen LogP contribution in [0.4, 0.5) is 0 Å². The third-order valence-corrected chi connectivity index (χ3v) is 3.20. The molecule has 0 amide bonds. The lowest BCUT2D eigenvalue weighted by atomic mass is 9.85. The van der Waals surface area contributed by atoms with Crippen molar-refractivity contribution in [3.63, 3.8) is 0 Å². The molecule has 94 valence electrons. The Morgan fingerprint density at radius 2 is 2.06 bits per heavy atom. The molecule has 2 N–H and O–H groups in total. The minimum absolute atomic E-state index is 0.168. The van der Waals surface area contributed by atoms with E-state index in [9.17, 15) is 9.90 Å². The van der Waals surface area contributed by atoms with Crippen LogP contribution >= 0.6 is 0 Å². The van der Waals surface area contributed by atoms with Crippen molar-refractivity contribution in [2.24, 2.45) is 0 Å². The Morgan fingerprint density at radius 1 is 1.38 bits per heavy atom. The van der Waals surface area contributed by atoms with Crippen LogP contribution in [0.2, 0.25) is 0 Å². The molecule has 0 spiro atoms. The molecular formula is C12H23NO3. The highest BCUT2D eigenvalue weighted by Gasteiger charge is 2.28. The van der Waals surface area contributed by atoms with Gasteiger partial charge < -0.3 is 15.2 Å².